The fourth-order valence-corrected chi connectivity index (χ4v) is 3.06. The highest BCUT2D eigenvalue weighted by molar-refractivity contribution is 7.99. The van der Waals surface area contributed by atoms with Crippen molar-refractivity contribution in [2.24, 2.45) is 0 Å². The summed E-state index contributed by atoms with van der Waals surface area (Å²) in [6, 6.07) is 12.4. The van der Waals surface area contributed by atoms with E-state index in [1.54, 1.807) is 0 Å². The maximum absolute atomic E-state index is 5.87. The molecule has 0 aliphatic heterocycles. The van der Waals surface area contributed by atoms with Crippen LogP contribution in [0.1, 0.15) is 23.1 Å². The molecule has 3 heteroatoms. The van der Waals surface area contributed by atoms with Gasteiger partial charge in [0.15, 0.2) is 0 Å². The molecule has 0 spiro atoms. The minimum atomic E-state index is 0.749. The summed E-state index contributed by atoms with van der Waals surface area (Å²) >= 11 is 1.84. The predicted octanol–water partition coefficient (Wildman–Crippen LogP) is 4.76. The molecule has 2 aromatic carbocycles. The Hall–Kier alpha value is -1.61. The molecule has 0 amide bonds. The van der Waals surface area contributed by atoms with Crippen molar-refractivity contribution in [3.63, 3.8) is 0 Å². The van der Waals surface area contributed by atoms with Gasteiger partial charge in [0.1, 0.15) is 5.75 Å². The Kier molecular flexibility index (Phi) is 5.57. The third-order valence-electron chi connectivity index (χ3n) is 3.36. The molecule has 0 atom stereocenters. The highest BCUT2D eigenvalue weighted by Crippen LogP contribution is 2.25. The number of thioether (sulfide) groups is 1. The van der Waals surface area contributed by atoms with Crippen LogP contribution < -0.4 is 10.5 Å². The van der Waals surface area contributed by atoms with Gasteiger partial charge in [-0.25, -0.2) is 0 Å². The molecule has 0 unspecified atom stereocenters. The van der Waals surface area contributed by atoms with Gasteiger partial charge >= 0.3 is 0 Å². The van der Waals surface area contributed by atoms with Gasteiger partial charge in [0.25, 0.3) is 0 Å². The lowest BCUT2D eigenvalue weighted by molar-refractivity contribution is 0.316. The zero-order valence-corrected chi connectivity index (χ0v) is 13.8. The van der Waals surface area contributed by atoms with Gasteiger partial charge in [0.05, 0.1) is 6.61 Å². The standard InChI is InChI=1S/C18H23NOS/c1-13-5-6-14(2)17(11-13)20-9-4-10-21-18-12-16(19)8-7-15(18)3/h5-8,11-12H,4,9-10,19H2,1-3H3. The lowest BCUT2D eigenvalue weighted by Gasteiger charge is -2.10. The highest BCUT2D eigenvalue weighted by Gasteiger charge is 2.02. The number of rotatable bonds is 6. The van der Waals surface area contributed by atoms with Gasteiger partial charge in [-0.15, -0.1) is 11.8 Å². The Labute approximate surface area is 131 Å². The van der Waals surface area contributed by atoms with E-state index in [-0.39, 0.29) is 0 Å². The highest BCUT2D eigenvalue weighted by atomic mass is 32.2. The van der Waals surface area contributed by atoms with Crippen molar-refractivity contribution in [1.82, 2.24) is 0 Å². The Balaban J connectivity index is 1.77. The van der Waals surface area contributed by atoms with Crippen LogP contribution in [-0.2, 0) is 0 Å². The number of nitrogen functional groups attached to an aromatic ring is 1. The van der Waals surface area contributed by atoms with Crippen LogP contribution in [-0.4, -0.2) is 12.4 Å². The molecule has 0 bridgehead atoms. The normalized spacial score (nSPS) is 10.6. The van der Waals surface area contributed by atoms with Gasteiger partial charge in [-0.05, 0) is 62.1 Å². The molecule has 0 radical (unpaired) electrons. The van der Waals surface area contributed by atoms with Gasteiger partial charge in [0, 0.05) is 16.3 Å². The predicted molar refractivity (Wildman–Crippen MR) is 92.3 cm³/mol. The molecule has 2 N–H and O–H groups in total. The van der Waals surface area contributed by atoms with Crippen molar-refractivity contribution < 1.29 is 4.74 Å². The number of hydrogen-bond donors (Lipinski definition) is 1. The molecule has 2 rings (SSSR count). The van der Waals surface area contributed by atoms with Gasteiger partial charge in [-0.1, -0.05) is 18.2 Å². The van der Waals surface area contributed by atoms with E-state index in [0.717, 1.165) is 30.2 Å². The first-order valence-corrected chi connectivity index (χ1v) is 8.24. The zero-order chi connectivity index (χ0) is 15.2. The second kappa shape index (κ2) is 7.41. The minimum absolute atomic E-state index is 0.749. The summed E-state index contributed by atoms with van der Waals surface area (Å²) in [4.78, 5) is 1.27. The Morgan fingerprint density at radius 1 is 1.00 bits per heavy atom. The molecule has 112 valence electrons. The lowest BCUT2D eigenvalue weighted by Crippen LogP contribution is -2.00. The first kappa shape index (κ1) is 15.8. The fourth-order valence-electron chi connectivity index (χ4n) is 2.06. The fraction of sp³-hybridized carbons (Fsp3) is 0.333. The molecule has 0 saturated heterocycles. The van der Waals surface area contributed by atoms with Crippen molar-refractivity contribution in [3.05, 3.63) is 53.1 Å². The quantitative estimate of drug-likeness (QED) is 0.475. The summed E-state index contributed by atoms with van der Waals surface area (Å²) in [5.74, 6) is 2.04. The average molecular weight is 301 g/mol. The van der Waals surface area contributed by atoms with E-state index in [1.165, 1.54) is 21.6 Å². The number of aryl methyl sites for hydroxylation is 3. The Morgan fingerprint density at radius 3 is 2.57 bits per heavy atom. The van der Waals surface area contributed by atoms with E-state index in [9.17, 15) is 0 Å². The maximum atomic E-state index is 5.87. The van der Waals surface area contributed by atoms with E-state index in [4.69, 9.17) is 10.5 Å². The molecule has 0 aliphatic carbocycles. The summed E-state index contributed by atoms with van der Waals surface area (Å²) in [6.07, 6.45) is 1.02. The zero-order valence-electron chi connectivity index (χ0n) is 13.0. The van der Waals surface area contributed by atoms with Crippen LogP contribution in [0.5, 0.6) is 5.75 Å². The van der Waals surface area contributed by atoms with Gasteiger partial charge < -0.3 is 10.5 Å². The summed E-state index contributed by atoms with van der Waals surface area (Å²) in [7, 11) is 0. The number of nitrogens with two attached hydrogens (primary N) is 1. The van der Waals surface area contributed by atoms with E-state index in [2.05, 4.69) is 45.0 Å². The van der Waals surface area contributed by atoms with Crippen LogP contribution >= 0.6 is 11.8 Å². The second-order valence-electron chi connectivity index (χ2n) is 5.34. The summed E-state index contributed by atoms with van der Waals surface area (Å²) in [6.45, 7) is 7.04. The molecule has 0 fully saturated rings. The smallest absolute Gasteiger partial charge is 0.122 e. The summed E-state index contributed by atoms with van der Waals surface area (Å²) < 4.78 is 5.87. The average Bonchev–Trinajstić information content (AvgIpc) is 2.45. The first-order chi connectivity index (χ1) is 10.1. The van der Waals surface area contributed by atoms with Gasteiger partial charge in [-0.3, -0.25) is 0 Å². The molecule has 0 saturated carbocycles. The summed E-state index contributed by atoms with van der Waals surface area (Å²) in [5.41, 5.74) is 10.4. The monoisotopic (exact) mass is 301 g/mol. The lowest BCUT2D eigenvalue weighted by atomic mass is 10.1. The summed E-state index contributed by atoms with van der Waals surface area (Å²) in [5, 5.41) is 0. The van der Waals surface area contributed by atoms with E-state index in [0.29, 0.717) is 0 Å². The molecule has 2 nitrogen and oxygen atoms in total. The number of hydrogen-bond acceptors (Lipinski definition) is 3. The van der Waals surface area contributed by atoms with Crippen molar-refractivity contribution in [1.29, 1.82) is 0 Å². The Bertz CT molecular complexity index is 557. The molecule has 0 heterocycles. The molecule has 0 aromatic heterocycles. The number of benzene rings is 2. The van der Waals surface area contributed by atoms with Gasteiger partial charge in [0.2, 0.25) is 0 Å². The molecule has 0 aliphatic rings. The molecular weight excluding hydrogens is 278 g/mol. The van der Waals surface area contributed by atoms with Crippen LogP contribution in [0.3, 0.4) is 0 Å². The molecule has 21 heavy (non-hydrogen) atoms. The molecular formula is C18H23NOS. The third kappa shape index (κ3) is 4.71. The van der Waals surface area contributed by atoms with Crippen molar-refractivity contribution in [2.75, 3.05) is 18.1 Å². The molecule has 2 aromatic rings. The van der Waals surface area contributed by atoms with Crippen molar-refractivity contribution in [2.45, 2.75) is 32.1 Å². The maximum Gasteiger partial charge on any atom is 0.122 e. The third-order valence-corrected chi connectivity index (χ3v) is 4.60. The SMILES string of the molecule is Cc1ccc(C)c(OCCCSc2cc(N)ccc2C)c1. The van der Waals surface area contributed by atoms with E-state index >= 15 is 0 Å². The van der Waals surface area contributed by atoms with Crippen LogP contribution in [0.4, 0.5) is 5.69 Å². The second-order valence-corrected chi connectivity index (χ2v) is 6.48. The minimum Gasteiger partial charge on any atom is -0.493 e. The van der Waals surface area contributed by atoms with E-state index in [1.807, 2.05) is 23.9 Å². The van der Waals surface area contributed by atoms with Crippen molar-refractivity contribution >= 4 is 17.4 Å². The van der Waals surface area contributed by atoms with E-state index < -0.39 is 0 Å². The first-order valence-electron chi connectivity index (χ1n) is 7.25. The van der Waals surface area contributed by atoms with Crippen LogP contribution in [0.2, 0.25) is 0 Å². The van der Waals surface area contributed by atoms with Crippen LogP contribution in [0.15, 0.2) is 41.3 Å². The Morgan fingerprint density at radius 2 is 1.76 bits per heavy atom. The van der Waals surface area contributed by atoms with Crippen LogP contribution in [0.25, 0.3) is 0 Å². The topological polar surface area (TPSA) is 35.2 Å². The largest absolute Gasteiger partial charge is 0.493 e. The number of ether oxygens (including phenoxy) is 1. The van der Waals surface area contributed by atoms with Gasteiger partial charge in [-0.2, -0.15) is 0 Å². The van der Waals surface area contributed by atoms with Crippen LogP contribution in [0, 0.1) is 20.8 Å². The van der Waals surface area contributed by atoms with Crippen molar-refractivity contribution in [3.8, 4) is 5.75 Å². The number of anilines is 1.